The molecule has 0 spiro atoms. The van der Waals surface area contributed by atoms with Gasteiger partial charge in [0.2, 0.25) is 5.91 Å². The highest BCUT2D eigenvalue weighted by Crippen LogP contribution is 2.38. The van der Waals surface area contributed by atoms with Gasteiger partial charge in [-0.3, -0.25) is 9.59 Å². The van der Waals surface area contributed by atoms with Crippen molar-refractivity contribution in [2.24, 2.45) is 5.92 Å². The first kappa shape index (κ1) is 19.7. The van der Waals surface area contributed by atoms with E-state index in [0.29, 0.717) is 12.8 Å². The number of carbonyl (C=O) groups is 2. The standard InChI is InChI=1S/C17H17F3N6O4S2/c1-21-16(28)13-10(6-12(25-26-13)24-15(27)8-3-4-8)23-14-11(32(2,29)30)5-9(7-22-14)31-17(18,19)20/h5-8H,3-4H2,1-2H3,(H,21,28)(H2,22,23,24,25,27)/i1D3. The molecule has 2 aromatic heterocycles. The monoisotopic (exact) mass is 493 g/mol. The van der Waals surface area contributed by atoms with E-state index in [4.69, 9.17) is 4.11 Å². The van der Waals surface area contributed by atoms with E-state index < -0.39 is 61.3 Å². The molecule has 0 radical (unpaired) electrons. The number of halogens is 3. The van der Waals surface area contributed by atoms with Crippen LogP contribution in [0.4, 0.5) is 30.5 Å². The number of nitrogens with one attached hydrogen (secondary N) is 3. The molecule has 0 unspecified atom stereocenters. The first-order valence-corrected chi connectivity index (χ1v) is 11.5. The summed E-state index contributed by atoms with van der Waals surface area (Å²) in [5.74, 6) is -2.41. The average Bonchev–Trinajstić information content (AvgIpc) is 3.51. The Kier molecular flexibility index (Phi) is 5.48. The van der Waals surface area contributed by atoms with Gasteiger partial charge in [-0.2, -0.15) is 13.2 Å². The number of aromatic nitrogens is 3. The molecule has 15 heteroatoms. The predicted molar refractivity (Wildman–Crippen MR) is 109 cm³/mol. The molecule has 1 aliphatic rings. The zero-order valence-corrected chi connectivity index (χ0v) is 17.8. The Bertz CT molecular complexity index is 1270. The Hall–Kier alpha value is -2.94. The molecule has 1 saturated carbocycles. The maximum atomic E-state index is 12.7. The fraction of sp³-hybridized carbons (Fsp3) is 0.353. The molecular weight excluding hydrogens is 473 g/mol. The number of thioether (sulfide) groups is 1. The summed E-state index contributed by atoms with van der Waals surface area (Å²) in [6.45, 7) is -2.90. The Morgan fingerprint density at radius 2 is 1.97 bits per heavy atom. The second-order valence-electron chi connectivity index (χ2n) is 6.67. The van der Waals surface area contributed by atoms with Crippen LogP contribution in [-0.2, 0) is 14.6 Å². The van der Waals surface area contributed by atoms with Gasteiger partial charge < -0.3 is 16.0 Å². The smallest absolute Gasteiger partial charge is 0.354 e. The molecule has 2 aromatic rings. The number of hydrogen-bond acceptors (Lipinski definition) is 9. The maximum Gasteiger partial charge on any atom is 0.446 e. The maximum absolute atomic E-state index is 12.7. The van der Waals surface area contributed by atoms with Crippen molar-refractivity contribution in [3.05, 3.63) is 24.0 Å². The van der Waals surface area contributed by atoms with Crippen LogP contribution < -0.4 is 16.0 Å². The lowest BCUT2D eigenvalue weighted by atomic mass is 10.2. The molecule has 2 amide bonds. The van der Waals surface area contributed by atoms with Crippen LogP contribution in [0.5, 0.6) is 0 Å². The normalized spacial score (nSPS) is 15.8. The van der Waals surface area contributed by atoms with E-state index in [0.717, 1.165) is 24.6 Å². The number of pyridine rings is 1. The van der Waals surface area contributed by atoms with Crippen LogP contribution in [0, 0.1) is 5.92 Å². The van der Waals surface area contributed by atoms with Crippen LogP contribution >= 0.6 is 11.8 Å². The molecular formula is C17H17F3N6O4S2. The van der Waals surface area contributed by atoms with Crippen molar-refractivity contribution in [3.8, 4) is 0 Å². The lowest BCUT2D eigenvalue weighted by molar-refractivity contribution is -0.117. The largest absolute Gasteiger partial charge is 0.446 e. The van der Waals surface area contributed by atoms with E-state index in [1.54, 1.807) is 5.32 Å². The number of alkyl halides is 3. The molecule has 3 N–H and O–H groups in total. The third-order valence-corrected chi connectivity index (χ3v) is 5.84. The summed E-state index contributed by atoms with van der Waals surface area (Å²) >= 11 is -0.573. The van der Waals surface area contributed by atoms with Crippen LogP contribution in [0.15, 0.2) is 28.1 Å². The molecule has 0 aromatic carbocycles. The number of rotatable bonds is 7. The van der Waals surface area contributed by atoms with Crippen LogP contribution in [0.3, 0.4) is 0 Å². The molecule has 32 heavy (non-hydrogen) atoms. The van der Waals surface area contributed by atoms with Gasteiger partial charge in [-0.1, -0.05) is 0 Å². The summed E-state index contributed by atoms with van der Waals surface area (Å²) in [5.41, 5.74) is -5.60. The topological polar surface area (TPSA) is 143 Å². The summed E-state index contributed by atoms with van der Waals surface area (Å²) in [5, 5.41) is 13.9. The summed E-state index contributed by atoms with van der Waals surface area (Å²) in [6.07, 6.45) is 2.86. The lowest BCUT2D eigenvalue weighted by Gasteiger charge is -2.14. The van der Waals surface area contributed by atoms with E-state index in [1.165, 1.54) is 0 Å². The average molecular weight is 494 g/mol. The molecule has 0 saturated heterocycles. The summed E-state index contributed by atoms with van der Waals surface area (Å²) < 4.78 is 84.3. The van der Waals surface area contributed by atoms with Crippen molar-refractivity contribution >= 4 is 50.7 Å². The van der Waals surface area contributed by atoms with Crippen molar-refractivity contribution in [1.29, 1.82) is 0 Å². The Balaban J connectivity index is 2.04. The molecule has 1 aliphatic carbocycles. The number of sulfone groups is 1. The molecule has 0 aliphatic heterocycles. The Morgan fingerprint density at radius 3 is 2.56 bits per heavy atom. The van der Waals surface area contributed by atoms with Gasteiger partial charge in [0.05, 0.1) is 5.69 Å². The van der Waals surface area contributed by atoms with Gasteiger partial charge >= 0.3 is 5.51 Å². The van der Waals surface area contributed by atoms with E-state index >= 15 is 0 Å². The van der Waals surface area contributed by atoms with Crippen molar-refractivity contribution in [2.75, 3.05) is 23.9 Å². The fourth-order valence-electron chi connectivity index (χ4n) is 2.47. The van der Waals surface area contributed by atoms with Crippen molar-refractivity contribution in [2.45, 2.75) is 28.1 Å². The zero-order chi connectivity index (χ0) is 26.2. The zero-order valence-electron chi connectivity index (χ0n) is 19.1. The van der Waals surface area contributed by atoms with E-state index in [1.807, 2.05) is 0 Å². The number of anilines is 3. The van der Waals surface area contributed by atoms with Gasteiger partial charge in [0.25, 0.3) is 5.91 Å². The minimum atomic E-state index is -4.70. The van der Waals surface area contributed by atoms with Gasteiger partial charge in [0.15, 0.2) is 21.3 Å². The lowest BCUT2D eigenvalue weighted by Crippen LogP contribution is -2.23. The van der Waals surface area contributed by atoms with Crippen LogP contribution in [-0.4, -0.2) is 54.2 Å². The highest BCUT2D eigenvalue weighted by atomic mass is 32.2. The molecule has 10 nitrogen and oxygen atoms in total. The minimum Gasteiger partial charge on any atom is -0.354 e. The van der Waals surface area contributed by atoms with Crippen LogP contribution in [0.25, 0.3) is 0 Å². The van der Waals surface area contributed by atoms with Gasteiger partial charge in [0, 0.05) is 40.4 Å². The summed E-state index contributed by atoms with van der Waals surface area (Å²) in [7, 11) is -4.13. The Labute approximate surface area is 188 Å². The fourth-order valence-corrected chi connectivity index (χ4v) is 3.89. The summed E-state index contributed by atoms with van der Waals surface area (Å²) in [4.78, 5) is 27.1. The number of amides is 2. The first-order chi connectivity index (χ1) is 16.0. The van der Waals surface area contributed by atoms with Crippen molar-refractivity contribution in [3.63, 3.8) is 0 Å². The summed E-state index contributed by atoms with van der Waals surface area (Å²) in [6, 6.07) is 1.84. The number of carbonyl (C=O) groups excluding carboxylic acids is 2. The Morgan fingerprint density at radius 1 is 1.25 bits per heavy atom. The second kappa shape index (κ2) is 8.90. The van der Waals surface area contributed by atoms with Gasteiger partial charge in [0.1, 0.15) is 10.7 Å². The predicted octanol–water partition coefficient (Wildman–Crippen LogP) is 2.34. The van der Waals surface area contributed by atoms with Crippen molar-refractivity contribution < 1.29 is 35.3 Å². The number of nitrogens with zero attached hydrogens (tertiary/aromatic N) is 3. The molecule has 2 heterocycles. The molecule has 172 valence electrons. The number of hydrogen-bond donors (Lipinski definition) is 3. The third-order valence-electron chi connectivity index (χ3n) is 4.04. The highest BCUT2D eigenvalue weighted by Gasteiger charge is 2.31. The van der Waals surface area contributed by atoms with E-state index in [-0.39, 0.29) is 23.3 Å². The third kappa shape index (κ3) is 6.06. The van der Waals surface area contributed by atoms with E-state index in [9.17, 15) is 31.2 Å². The quantitative estimate of drug-likeness (QED) is 0.495. The SMILES string of the molecule is [2H]C([2H])([2H])NC(=O)c1nnc(NC(=O)C2CC2)cc1Nc1ncc(SC(F)(F)F)cc1S(C)(=O)=O. The molecule has 0 bridgehead atoms. The molecule has 0 atom stereocenters. The molecule has 3 rings (SSSR count). The highest BCUT2D eigenvalue weighted by molar-refractivity contribution is 8.00. The van der Waals surface area contributed by atoms with Gasteiger partial charge in [-0.15, -0.1) is 10.2 Å². The van der Waals surface area contributed by atoms with Gasteiger partial charge in [-0.25, -0.2) is 13.4 Å². The van der Waals surface area contributed by atoms with E-state index in [2.05, 4.69) is 25.8 Å². The van der Waals surface area contributed by atoms with Crippen molar-refractivity contribution in [1.82, 2.24) is 20.5 Å². The second-order valence-corrected chi connectivity index (χ2v) is 9.79. The minimum absolute atomic E-state index is 0.139. The first-order valence-electron chi connectivity index (χ1n) is 10.3. The van der Waals surface area contributed by atoms with Gasteiger partial charge in [-0.05, 0) is 30.7 Å². The molecule has 1 fully saturated rings. The van der Waals surface area contributed by atoms with Crippen LogP contribution in [0.1, 0.15) is 27.4 Å². The van der Waals surface area contributed by atoms with Crippen LogP contribution in [0.2, 0.25) is 0 Å².